The number of thiophene rings is 1. The Kier molecular flexibility index (Phi) is 3.81. The first-order valence-electron chi connectivity index (χ1n) is 3.75. The Balaban J connectivity index is 2.59. The summed E-state index contributed by atoms with van der Waals surface area (Å²) < 4.78 is 0. The Labute approximate surface area is 76.0 Å². The zero-order valence-electron chi connectivity index (χ0n) is 6.71. The highest BCUT2D eigenvalue weighted by Crippen LogP contribution is 2.14. The van der Waals surface area contributed by atoms with E-state index < -0.39 is 0 Å². The molecule has 0 saturated carbocycles. The minimum absolute atomic E-state index is 0.100. The third kappa shape index (κ3) is 2.67. The van der Waals surface area contributed by atoms with Gasteiger partial charge >= 0.3 is 0 Å². The van der Waals surface area contributed by atoms with Crippen molar-refractivity contribution in [1.29, 1.82) is 0 Å². The van der Waals surface area contributed by atoms with E-state index in [1.807, 2.05) is 12.1 Å². The van der Waals surface area contributed by atoms with Crippen molar-refractivity contribution < 1.29 is 5.11 Å². The molecular weight excluding hydrogens is 170 g/mol. The van der Waals surface area contributed by atoms with Gasteiger partial charge in [-0.3, -0.25) is 0 Å². The van der Waals surface area contributed by atoms with E-state index in [0.29, 0.717) is 6.54 Å². The number of nitrogens with two attached hydrogens (primary N) is 1. The minimum atomic E-state index is 0.100. The van der Waals surface area contributed by atoms with E-state index >= 15 is 0 Å². The molecule has 0 aliphatic rings. The van der Waals surface area contributed by atoms with Gasteiger partial charge in [-0.1, -0.05) is 11.8 Å². The van der Waals surface area contributed by atoms with Crippen LogP contribution in [0.4, 0.5) is 0 Å². The van der Waals surface area contributed by atoms with Crippen LogP contribution in [0.15, 0.2) is 12.1 Å². The van der Waals surface area contributed by atoms with Gasteiger partial charge in [0.1, 0.15) is 0 Å². The van der Waals surface area contributed by atoms with Gasteiger partial charge in [0.2, 0.25) is 0 Å². The Bertz CT molecular complexity index is 295. The highest BCUT2D eigenvalue weighted by molar-refractivity contribution is 7.12. The van der Waals surface area contributed by atoms with Crippen molar-refractivity contribution in [3.63, 3.8) is 0 Å². The van der Waals surface area contributed by atoms with Crippen LogP contribution in [-0.4, -0.2) is 11.7 Å². The van der Waals surface area contributed by atoms with Crippen LogP contribution in [0.25, 0.3) is 0 Å². The molecule has 0 bridgehead atoms. The summed E-state index contributed by atoms with van der Waals surface area (Å²) in [4.78, 5) is 1.94. The summed E-state index contributed by atoms with van der Waals surface area (Å²) in [6.45, 7) is 0.703. The Morgan fingerprint density at radius 2 is 2.33 bits per heavy atom. The lowest BCUT2D eigenvalue weighted by molar-refractivity contribution is 0.285. The maximum Gasteiger partial charge on any atom is 0.0774 e. The van der Waals surface area contributed by atoms with E-state index in [0.717, 1.165) is 16.2 Å². The average Bonchev–Trinajstić information content (AvgIpc) is 2.53. The molecule has 0 unspecified atom stereocenters. The number of rotatable bonds is 2. The van der Waals surface area contributed by atoms with E-state index in [1.54, 1.807) is 0 Å². The van der Waals surface area contributed by atoms with E-state index in [2.05, 4.69) is 11.8 Å². The fourth-order valence-corrected chi connectivity index (χ4v) is 1.49. The first kappa shape index (κ1) is 9.27. The highest BCUT2D eigenvalue weighted by Gasteiger charge is 1.93. The predicted octanol–water partition coefficient (Wildman–Crippen LogP) is 0.941. The summed E-state index contributed by atoms with van der Waals surface area (Å²) >= 11 is 1.52. The van der Waals surface area contributed by atoms with Crippen molar-refractivity contribution in [3.8, 4) is 11.8 Å². The molecule has 0 amide bonds. The summed E-state index contributed by atoms with van der Waals surface area (Å²) in [5.74, 6) is 5.92. The maximum atomic E-state index is 8.76. The molecular formula is C9H11NOS. The van der Waals surface area contributed by atoms with Crippen LogP contribution in [0.3, 0.4) is 0 Å². The minimum Gasteiger partial charge on any atom is -0.391 e. The van der Waals surface area contributed by atoms with E-state index in [9.17, 15) is 0 Å². The molecule has 2 nitrogen and oxygen atoms in total. The van der Waals surface area contributed by atoms with Gasteiger partial charge in [0.25, 0.3) is 0 Å². The molecule has 0 fully saturated rings. The monoisotopic (exact) mass is 181 g/mol. The molecule has 64 valence electrons. The topological polar surface area (TPSA) is 46.2 Å². The van der Waals surface area contributed by atoms with Crippen LogP contribution >= 0.6 is 11.3 Å². The quantitative estimate of drug-likeness (QED) is 0.667. The van der Waals surface area contributed by atoms with Gasteiger partial charge < -0.3 is 10.8 Å². The van der Waals surface area contributed by atoms with Gasteiger partial charge in [-0.15, -0.1) is 11.3 Å². The van der Waals surface area contributed by atoms with E-state index in [-0.39, 0.29) is 6.61 Å². The SMILES string of the molecule is NCCC#Cc1ccc(CO)s1. The van der Waals surface area contributed by atoms with Crippen LogP contribution in [0, 0.1) is 11.8 Å². The van der Waals surface area contributed by atoms with Gasteiger partial charge in [0.05, 0.1) is 11.5 Å². The molecule has 0 aliphatic carbocycles. The summed E-state index contributed by atoms with van der Waals surface area (Å²) in [6, 6.07) is 3.80. The normalized spacial score (nSPS) is 9.17. The number of aliphatic hydroxyl groups excluding tert-OH is 1. The Morgan fingerprint density at radius 3 is 2.92 bits per heavy atom. The van der Waals surface area contributed by atoms with Crippen LogP contribution < -0.4 is 5.73 Å². The lowest BCUT2D eigenvalue weighted by atomic mass is 10.4. The smallest absolute Gasteiger partial charge is 0.0774 e. The molecule has 1 heterocycles. The maximum absolute atomic E-state index is 8.76. The van der Waals surface area contributed by atoms with Crippen molar-refractivity contribution >= 4 is 11.3 Å². The highest BCUT2D eigenvalue weighted by atomic mass is 32.1. The summed E-state index contributed by atoms with van der Waals surface area (Å²) in [5, 5.41) is 8.76. The van der Waals surface area contributed by atoms with Crippen LogP contribution in [0.2, 0.25) is 0 Å². The van der Waals surface area contributed by atoms with Crippen molar-refractivity contribution in [2.45, 2.75) is 13.0 Å². The largest absolute Gasteiger partial charge is 0.391 e. The van der Waals surface area contributed by atoms with E-state index in [4.69, 9.17) is 10.8 Å². The number of hydrogen-bond donors (Lipinski definition) is 2. The lowest BCUT2D eigenvalue weighted by Crippen LogP contribution is -1.95. The zero-order valence-corrected chi connectivity index (χ0v) is 7.53. The second kappa shape index (κ2) is 4.94. The molecule has 0 spiro atoms. The van der Waals surface area contributed by atoms with Gasteiger partial charge in [0.15, 0.2) is 0 Å². The van der Waals surface area contributed by atoms with Gasteiger partial charge in [-0.2, -0.15) is 0 Å². The molecule has 0 atom stereocenters. The molecule has 12 heavy (non-hydrogen) atoms. The fourth-order valence-electron chi connectivity index (χ4n) is 0.752. The van der Waals surface area contributed by atoms with Crippen molar-refractivity contribution in [2.24, 2.45) is 5.73 Å². The second-order valence-electron chi connectivity index (χ2n) is 2.26. The molecule has 0 aromatic carbocycles. The first-order chi connectivity index (χ1) is 5.86. The predicted molar refractivity (Wildman–Crippen MR) is 50.8 cm³/mol. The van der Waals surface area contributed by atoms with Crippen molar-refractivity contribution in [2.75, 3.05) is 6.54 Å². The third-order valence-corrected chi connectivity index (χ3v) is 2.28. The number of hydrogen-bond acceptors (Lipinski definition) is 3. The second-order valence-corrected chi connectivity index (χ2v) is 3.43. The Hall–Kier alpha value is -0.820. The lowest BCUT2D eigenvalue weighted by Gasteiger charge is -1.81. The van der Waals surface area contributed by atoms with Gasteiger partial charge in [0, 0.05) is 17.8 Å². The molecule has 3 heteroatoms. The molecule has 0 radical (unpaired) electrons. The Morgan fingerprint density at radius 1 is 1.50 bits per heavy atom. The molecule has 0 aliphatic heterocycles. The van der Waals surface area contributed by atoms with E-state index in [1.165, 1.54) is 11.3 Å². The third-order valence-electron chi connectivity index (χ3n) is 1.30. The van der Waals surface area contributed by atoms with Crippen LogP contribution in [-0.2, 0) is 6.61 Å². The van der Waals surface area contributed by atoms with Gasteiger partial charge in [-0.05, 0) is 12.1 Å². The summed E-state index contributed by atoms with van der Waals surface area (Å²) in [6.07, 6.45) is 0.729. The number of aliphatic hydroxyl groups is 1. The molecule has 0 saturated heterocycles. The van der Waals surface area contributed by atoms with Crippen LogP contribution in [0.1, 0.15) is 16.2 Å². The molecule has 1 rings (SSSR count). The zero-order chi connectivity index (χ0) is 8.81. The molecule has 1 aromatic heterocycles. The van der Waals surface area contributed by atoms with Crippen molar-refractivity contribution in [1.82, 2.24) is 0 Å². The van der Waals surface area contributed by atoms with Crippen molar-refractivity contribution in [3.05, 3.63) is 21.9 Å². The fraction of sp³-hybridized carbons (Fsp3) is 0.333. The molecule has 1 aromatic rings. The average molecular weight is 181 g/mol. The first-order valence-corrected chi connectivity index (χ1v) is 4.57. The molecule has 3 N–H and O–H groups in total. The van der Waals surface area contributed by atoms with Gasteiger partial charge in [-0.25, -0.2) is 0 Å². The summed E-state index contributed by atoms with van der Waals surface area (Å²) in [5.41, 5.74) is 5.28. The standard InChI is InChI=1S/C9H11NOS/c10-6-2-1-3-8-4-5-9(7-11)12-8/h4-5,11H,2,6-7,10H2. The summed E-state index contributed by atoms with van der Waals surface area (Å²) in [7, 11) is 0. The van der Waals surface area contributed by atoms with Crippen LogP contribution in [0.5, 0.6) is 0 Å².